The van der Waals surface area contributed by atoms with Crippen LogP contribution < -0.4 is 5.56 Å². The number of rotatable bonds is 8. The van der Waals surface area contributed by atoms with Gasteiger partial charge in [-0.2, -0.15) is 0 Å². The van der Waals surface area contributed by atoms with Gasteiger partial charge in [-0.3, -0.25) is 14.2 Å². The van der Waals surface area contributed by atoms with Crippen LogP contribution in [-0.4, -0.2) is 52.4 Å². The van der Waals surface area contributed by atoms with Gasteiger partial charge in [0.1, 0.15) is 5.82 Å². The molecular weight excluding hydrogens is 436 g/mol. The van der Waals surface area contributed by atoms with Gasteiger partial charge in [-0.1, -0.05) is 60.7 Å². The first-order chi connectivity index (χ1) is 16.9. The third kappa shape index (κ3) is 5.33. The lowest BCUT2D eigenvalue weighted by Gasteiger charge is -2.32. The highest BCUT2D eigenvalue weighted by atomic mass is 16.2. The summed E-state index contributed by atoms with van der Waals surface area (Å²) in [5, 5.41) is 0.574. The van der Waals surface area contributed by atoms with Crippen LogP contribution in [0, 0.1) is 6.92 Å². The molecule has 0 N–H and O–H groups in total. The lowest BCUT2D eigenvalue weighted by Crippen LogP contribution is -2.41. The third-order valence-corrected chi connectivity index (χ3v) is 6.34. The summed E-state index contributed by atoms with van der Waals surface area (Å²) in [5.41, 5.74) is 3.13. The van der Waals surface area contributed by atoms with Crippen molar-refractivity contribution in [1.29, 1.82) is 0 Å². The van der Waals surface area contributed by atoms with Gasteiger partial charge in [-0.05, 0) is 57.3 Å². The molecule has 180 valence electrons. The van der Waals surface area contributed by atoms with Crippen molar-refractivity contribution in [3.63, 3.8) is 0 Å². The summed E-state index contributed by atoms with van der Waals surface area (Å²) in [7, 11) is 3.97. The largest absolute Gasteiger partial charge is 0.327 e. The van der Waals surface area contributed by atoms with Gasteiger partial charge in [-0.15, -0.1) is 0 Å². The van der Waals surface area contributed by atoms with E-state index in [1.807, 2.05) is 112 Å². The zero-order chi connectivity index (χ0) is 24.9. The maximum absolute atomic E-state index is 13.8. The molecule has 0 saturated carbocycles. The Balaban J connectivity index is 1.85. The van der Waals surface area contributed by atoms with Crippen molar-refractivity contribution >= 4 is 16.8 Å². The molecule has 0 fully saturated rings. The second kappa shape index (κ2) is 10.7. The Bertz CT molecular complexity index is 1380. The lowest BCUT2D eigenvalue weighted by atomic mass is 10.1. The van der Waals surface area contributed by atoms with E-state index in [4.69, 9.17) is 4.98 Å². The van der Waals surface area contributed by atoms with Crippen molar-refractivity contribution in [1.82, 2.24) is 19.4 Å². The molecule has 0 radical (unpaired) electrons. The summed E-state index contributed by atoms with van der Waals surface area (Å²) in [6.07, 6.45) is 0. The average molecular weight is 469 g/mol. The van der Waals surface area contributed by atoms with Gasteiger partial charge < -0.3 is 9.80 Å². The van der Waals surface area contributed by atoms with Gasteiger partial charge in [0.2, 0.25) is 0 Å². The van der Waals surface area contributed by atoms with Crippen molar-refractivity contribution in [2.24, 2.45) is 0 Å². The van der Waals surface area contributed by atoms with Gasteiger partial charge in [0.15, 0.2) is 0 Å². The fraction of sp³-hybridized carbons (Fsp3) is 0.276. The maximum atomic E-state index is 13.8. The average Bonchev–Trinajstić information content (AvgIpc) is 2.86. The van der Waals surface area contributed by atoms with E-state index in [2.05, 4.69) is 4.90 Å². The topological polar surface area (TPSA) is 58.4 Å². The highest BCUT2D eigenvalue weighted by Gasteiger charge is 2.28. The quantitative estimate of drug-likeness (QED) is 0.382. The molecule has 0 spiro atoms. The zero-order valence-electron chi connectivity index (χ0n) is 20.8. The number of amides is 1. The Morgan fingerprint density at radius 3 is 2.29 bits per heavy atom. The predicted octanol–water partition coefficient (Wildman–Crippen LogP) is 4.52. The van der Waals surface area contributed by atoms with E-state index in [-0.39, 0.29) is 11.5 Å². The van der Waals surface area contributed by atoms with Gasteiger partial charge in [0.25, 0.3) is 11.5 Å². The van der Waals surface area contributed by atoms with E-state index in [9.17, 15) is 9.59 Å². The number of benzene rings is 3. The van der Waals surface area contributed by atoms with E-state index in [1.54, 1.807) is 4.57 Å². The summed E-state index contributed by atoms with van der Waals surface area (Å²) in [4.78, 5) is 36.3. The SMILES string of the molecule is Cc1ccccc1C(=O)N(CCN(C)C)C(C)c1nc2ccccc2c(=O)n1Cc1ccccc1. The van der Waals surface area contributed by atoms with E-state index >= 15 is 0 Å². The molecule has 0 bridgehead atoms. The smallest absolute Gasteiger partial charge is 0.261 e. The van der Waals surface area contributed by atoms with E-state index in [0.29, 0.717) is 41.9 Å². The van der Waals surface area contributed by atoms with E-state index in [1.165, 1.54) is 0 Å². The number of hydrogen-bond donors (Lipinski definition) is 0. The van der Waals surface area contributed by atoms with E-state index in [0.717, 1.165) is 11.1 Å². The molecule has 6 nitrogen and oxygen atoms in total. The molecule has 0 aliphatic heterocycles. The van der Waals surface area contributed by atoms with Crippen molar-refractivity contribution in [2.75, 3.05) is 27.2 Å². The third-order valence-electron chi connectivity index (χ3n) is 6.34. The van der Waals surface area contributed by atoms with Crippen LogP contribution in [-0.2, 0) is 6.54 Å². The summed E-state index contributed by atoms with van der Waals surface area (Å²) < 4.78 is 1.72. The number of carbonyl (C=O) groups excluding carboxylic acids is 1. The Hall–Kier alpha value is -3.77. The number of para-hydroxylation sites is 1. The molecule has 3 aromatic carbocycles. The van der Waals surface area contributed by atoms with Crippen molar-refractivity contribution in [2.45, 2.75) is 26.4 Å². The van der Waals surface area contributed by atoms with Crippen LogP contribution in [0.25, 0.3) is 10.9 Å². The molecule has 0 aliphatic carbocycles. The molecular formula is C29H32N4O2. The van der Waals surface area contributed by atoms with E-state index < -0.39 is 6.04 Å². The number of nitrogens with zero attached hydrogens (tertiary/aromatic N) is 4. The first-order valence-electron chi connectivity index (χ1n) is 11.9. The van der Waals surface area contributed by atoms with Gasteiger partial charge in [0, 0.05) is 18.7 Å². The number of aromatic nitrogens is 2. The van der Waals surface area contributed by atoms with Gasteiger partial charge in [0.05, 0.1) is 23.5 Å². The van der Waals surface area contributed by atoms with Crippen LogP contribution >= 0.6 is 0 Å². The first kappa shape index (κ1) is 24.4. The summed E-state index contributed by atoms with van der Waals surface area (Å²) in [6, 6.07) is 24.5. The molecule has 1 aromatic heterocycles. The van der Waals surface area contributed by atoms with Crippen LogP contribution in [0.2, 0.25) is 0 Å². The molecule has 1 amide bonds. The van der Waals surface area contributed by atoms with Gasteiger partial charge >= 0.3 is 0 Å². The van der Waals surface area contributed by atoms with Crippen LogP contribution in [0.1, 0.15) is 40.3 Å². The molecule has 1 heterocycles. The molecule has 0 saturated heterocycles. The van der Waals surface area contributed by atoms with Crippen LogP contribution in [0.3, 0.4) is 0 Å². The molecule has 6 heteroatoms. The fourth-order valence-electron chi connectivity index (χ4n) is 4.31. The minimum absolute atomic E-state index is 0.0638. The number of aryl methyl sites for hydroxylation is 1. The van der Waals surface area contributed by atoms with Crippen LogP contribution in [0.4, 0.5) is 0 Å². The minimum atomic E-state index is -0.414. The van der Waals surface area contributed by atoms with Gasteiger partial charge in [-0.25, -0.2) is 4.98 Å². The molecule has 35 heavy (non-hydrogen) atoms. The molecule has 0 aliphatic rings. The normalized spacial score (nSPS) is 12.1. The van der Waals surface area contributed by atoms with Crippen LogP contribution in [0.15, 0.2) is 83.7 Å². The Morgan fingerprint density at radius 2 is 1.57 bits per heavy atom. The van der Waals surface area contributed by atoms with Crippen LogP contribution in [0.5, 0.6) is 0 Å². The maximum Gasteiger partial charge on any atom is 0.261 e. The molecule has 1 unspecified atom stereocenters. The summed E-state index contributed by atoms with van der Waals surface area (Å²) in [5.74, 6) is 0.518. The number of likely N-dealkylation sites (N-methyl/N-ethyl adjacent to an activating group) is 1. The first-order valence-corrected chi connectivity index (χ1v) is 11.9. The number of hydrogen-bond acceptors (Lipinski definition) is 4. The summed E-state index contributed by atoms with van der Waals surface area (Å²) >= 11 is 0. The Labute approximate surface area is 206 Å². The second-order valence-corrected chi connectivity index (χ2v) is 9.16. The van der Waals surface area contributed by atoms with Crippen molar-refractivity contribution in [3.05, 3.63) is 112 Å². The minimum Gasteiger partial charge on any atom is -0.327 e. The number of carbonyl (C=O) groups is 1. The second-order valence-electron chi connectivity index (χ2n) is 9.16. The summed E-state index contributed by atoms with van der Waals surface area (Å²) in [6.45, 7) is 5.50. The fourth-order valence-corrected chi connectivity index (χ4v) is 4.31. The van der Waals surface area contributed by atoms with Crippen molar-refractivity contribution < 1.29 is 4.79 Å². The monoisotopic (exact) mass is 468 g/mol. The number of fused-ring (bicyclic) bond motifs is 1. The Morgan fingerprint density at radius 1 is 0.914 bits per heavy atom. The molecule has 4 aromatic rings. The standard InChI is InChI=1S/C29H32N4O2/c1-21-12-8-9-15-24(21)28(34)32(19-18-31(3)4)22(2)27-30-26-17-11-10-16-25(26)29(35)33(27)20-23-13-6-5-7-14-23/h5-17,22H,18-20H2,1-4H3. The molecule has 1 atom stereocenters. The van der Waals surface area contributed by atoms with Crippen molar-refractivity contribution in [3.8, 4) is 0 Å². The highest BCUT2D eigenvalue weighted by Crippen LogP contribution is 2.24. The zero-order valence-corrected chi connectivity index (χ0v) is 20.8. The Kier molecular flexibility index (Phi) is 7.42. The highest BCUT2D eigenvalue weighted by molar-refractivity contribution is 5.95. The lowest BCUT2D eigenvalue weighted by molar-refractivity contribution is 0.0664. The predicted molar refractivity (Wildman–Crippen MR) is 141 cm³/mol. The molecule has 4 rings (SSSR count).